The van der Waals surface area contributed by atoms with Crippen molar-refractivity contribution in [2.75, 3.05) is 13.2 Å². The summed E-state index contributed by atoms with van der Waals surface area (Å²) < 4.78 is 16.6. The number of unbranched alkanes of at least 4 members (excludes halogenated alkanes) is 15. The van der Waals surface area contributed by atoms with E-state index in [4.69, 9.17) is 14.2 Å². The predicted molar refractivity (Wildman–Crippen MR) is 242 cm³/mol. The maximum absolute atomic E-state index is 12.6. The van der Waals surface area contributed by atoms with Crippen LogP contribution in [0.3, 0.4) is 0 Å². The number of carbonyl (C=O) groups excluding carboxylic acids is 3. The summed E-state index contributed by atoms with van der Waals surface area (Å²) in [6.45, 7) is 6.37. The van der Waals surface area contributed by atoms with Crippen LogP contribution in [0, 0.1) is 0 Å². The first-order valence-electron chi connectivity index (χ1n) is 23.1. The van der Waals surface area contributed by atoms with Gasteiger partial charge in [-0.3, -0.25) is 14.4 Å². The van der Waals surface area contributed by atoms with Gasteiger partial charge in [-0.25, -0.2) is 0 Å². The van der Waals surface area contributed by atoms with Crippen LogP contribution >= 0.6 is 0 Å². The summed E-state index contributed by atoms with van der Waals surface area (Å²) in [5.41, 5.74) is 0. The summed E-state index contributed by atoms with van der Waals surface area (Å²) in [5, 5.41) is 0. The quantitative estimate of drug-likeness (QED) is 0.0266. The van der Waals surface area contributed by atoms with Gasteiger partial charge in [-0.1, -0.05) is 196 Å². The number of hydrogen-bond donors (Lipinski definition) is 0. The van der Waals surface area contributed by atoms with Crippen LogP contribution in [0.1, 0.15) is 201 Å². The molecular weight excluding hydrogens is 709 g/mol. The molecule has 0 aromatic carbocycles. The summed E-state index contributed by atoms with van der Waals surface area (Å²) in [4.78, 5) is 37.5. The van der Waals surface area contributed by atoms with E-state index in [1.807, 2.05) is 0 Å². The van der Waals surface area contributed by atoms with Gasteiger partial charge in [0.2, 0.25) is 0 Å². The highest BCUT2D eigenvalue weighted by Crippen LogP contribution is 2.13. The number of allylic oxidation sites excluding steroid dienone is 14. The molecule has 6 heteroatoms. The highest BCUT2D eigenvalue weighted by molar-refractivity contribution is 5.71. The van der Waals surface area contributed by atoms with Crippen LogP contribution in [0.4, 0.5) is 0 Å². The fraction of sp³-hybridized carbons (Fsp3) is 0.667. The van der Waals surface area contributed by atoms with Crippen LogP contribution in [0.5, 0.6) is 0 Å². The molecule has 0 aliphatic carbocycles. The fourth-order valence-electron chi connectivity index (χ4n) is 5.96. The van der Waals surface area contributed by atoms with Crippen molar-refractivity contribution in [3.05, 3.63) is 85.1 Å². The standard InChI is InChI=1S/C51H84O6/c1-4-7-10-13-16-18-20-21-22-23-24-25-26-27-28-29-30-31-32-34-35-38-41-44-50(53)56-47-48(46-55-49(52)43-40-37-15-12-9-6-3)57-51(54)45-42-39-36-33-19-17-14-11-8-5-2/h7,10,16,18,21-22,24-25,27-28,30-31,34-35,48H,4-6,8-9,11-15,17,19-20,23,26,29,32-33,36-47H2,1-3H3/b10-7-,18-16-,22-21-,25-24-,28-27-,31-30-,35-34-. The van der Waals surface area contributed by atoms with Crippen molar-refractivity contribution in [1.82, 2.24) is 0 Å². The Kier molecular flexibility index (Phi) is 42.6. The van der Waals surface area contributed by atoms with Gasteiger partial charge in [-0.05, 0) is 70.6 Å². The molecule has 0 fully saturated rings. The minimum absolute atomic E-state index is 0.0942. The molecule has 0 amide bonds. The molecule has 57 heavy (non-hydrogen) atoms. The molecule has 1 atom stereocenters. The molecule has 0 bridgehead atoms. The van der Waals surface area contributed by atoms with Gasteiger partial charge >= 0.3 is 17.9 Å². The number of hydrogen-bond acceptors (Lipinski definition) is 6. The van der Waals surface area contributed by atoms with Crippen LogP contribution in [0.15, 0.2) is 85.1 Å². The fourth-order valence-corrected chi connectivity index (χ4v) is 5.96. The first-order chi connectivity index (χ1) is 28.0. The highest BCUT2D eigenvalue weighted by Gasteiger charge is 2.19. The van der Waals surface area contributed by atoms with Crippen molar-refractivity contribution >= 4 is 17.9 Å². The maximum Gasteiger partial charge on any atom is 0.306 e. The van der Waals surface area contributed by atoms with E-state index in [-0.39, 0.29) is 37.5 Å². The van der Waals surface area contributed by atoms with Gasteiger partial charge in [0.25, 0.3) is 0 Å². The number of ether oxygens (including phenoxy) is 3. The summed E-state index contributed by atoms with van der Waals surface area (Å²) in [5.74, 6) is -0.975. The highest BCUT2D eigenvalue weighted by atomic mass is 16.6. The van der Waals surface area contributed by atoms with E-state index in [0.29, 0.717) is 19.3 Å². The van der Waals surface area contributed by atoms with Gasteiger partial charge in [0.15, 0.2) is 6.10 Å². The maximum atomic E-state index is 12.6. The van der Waals surface area contributed by atoms with Crippen molar-refractivity contribution in [3.8, 4) is 0 Å². The average Bonchev–Trinajstić information content (AvgIpc) is 3.21. The summed E-state index contributed by atoms with van der Waals surface area (Å²) >= 11 is 0. The second-order valence-electron chi connectivity index (χ2n) is 14.9. The van der Waals surface area contributed by atoms with Crippen molar-refractivity contribution < 1.29 is 28.6 Å². The zero-order valence-corrected chi connectivity index (χ0v) is 36.8. The third kappa shape index (κ3) is 43.6. The van der Waals surface area contributed by atoms with Gasteiger partial charge in [0, 0.05) is 19.3 Å². The minimum Gasteiger partial charge on any atom is -0.462 e. The van der Waals surface area contributed by atoms with Crippen LogP contribution in [-0.2, 0) is 28.6 Å². The summed E-state index contributed by atoms with van der Waals surface area (Å²) in [7, 11) is 0. The molecule has 0 N–H and O–H groups in total. The summed E-state index contributed by atoms with van der Waals surface area (Å²) in [6, 6.07) is 0. The zero-order chi connectivity index (χ0) is 41.5. The molecule has 0 aliphatic heterocycles. The lowest BCUT2D eigenvalue weighted by atomic mass is 10.1. The Morgan fingerprint density at radius 2 is 0.684 bits per heavy atom. The molecule has 0 aromatic rings. The molecule has 0 aliphatic rings. The molecule has 0 heterocycles. The van der Waals surface area contributed by atoms with Crippen LogP contribution in [0.25, 0.3) is 0 Å². The van der Waals surface area contributed by atoms with Crippen LogP contribution in [0.2, 0.25) is 0 Å². The third-order valence-electron chi connectivity index (χ3n) is 9.41. The SMILES string of the molecule is CC/C=C\C/C=C\C/C=C\C/C=C\C/C=C\C/C=C\C/C=C\CCCC(=O)OCC(COC(=O)CCCCCCCC)OC(=O)CCCCCCCCCCCC. The van der Waals surface area contributed by atoms with Crippen LogP contribution in [-0.4, -0.2) is 37.2 Å². The van der Waals surface area contributed by atoms with Crippen molar-refractivity contribution in [2.24, 2.45) is 0 Å². The lowest BCUT2D eigenvalue weighted by Crippen LogP contribution is -2.30. The van der Waals surface area contributed by atoms with Gasteiger partial charge in [-0.15, -0.1) is 0 Å². The molecule has 0 rings (SSSR count). The van der Waals surface area contributed by atoms with Crippen LogP contribution < -0.4 is 0 Å². The van der Waals surface area contributed by atoms with E-state index in [0.717, 1.165) is 89.9 Å². The monoisotopic (exact) mass is 793 g/mol. The first-order valence-corrected chi connectivity index (χ1v) is 23.1. The third-order valence-corrected chi connectivity index (χ3v) is 9.41. The lowest BCUT2D eigenvalue weighted by Gasteiger charge is -2.18. The normalized spacial score (nSPS) is 12.8. The second-order valence-corrected chi connectivity index (χ2v) is 14.9. The molecule has 0 radical (unpaired) electrons. The predicted octanol–water partition coefficient (Wildman–Crippen LogP) is 14.9. The first kappa shape index (κ1) is 53.6. The van der Waals surface area contributed by atoms with E-state index in [1.54, 1.807) is 0 Å². The Morgan fingerprint density at radius 3 is 1.07 bits per heavy atom. The zero-order valence-electron chi connectivity index (χ0n) is 36.8. The molecule has 1 unspecified atom stereocenters. The Bertz CT molecular complexity index is 1140. The van der Waals surface area contributed by atoms with Crippen molar-refractivity contribution in [1.29, 1.82) is 0 Å². The van der Waals surface area contributed by atoms with Gasteiger partial charge < -0.3 is 14.2 Å². The number of carbonyl (C=O) groups is 3. The Morgan fingerprint density at radius 1 is 0.368 bits per heavy atom. The Labute approximate surface area is 350 Å². The molecular formula is C51H84O6. The van der Waals surface area contributed by atoms with E-state index in [1.165, 1.54) is 64.2 Å². The Balaban J connectivity index is 4.32. The topological polar surface area (TPSA) is 78.9 Å². The molecule has 0 aromatic heterocycles. The van der Waals surface area contributed by atoms with Crippen molar-refractivity contribution in [3.63, 3.8) is 0 Å². The van der Waals surface area contributed by atoms with Crippen molar-refractivity contribution in [2.45, 2.75) is 207 Å². The number of rotatable bonds is 40. The van der Waals surface area contributed by atoms with Gasteiger partial charge in [0.1, 0.15) is 13.2 Å². The van der Waals surface area contributed by atoms with E-state index in [2.05, 4.69) is 106 Å². The van der Waals surface area contributed by atoms with E-state index in [9.17, 15) is 14.4 Å². The average molecular weight is 793 g/mol. The number of esters is 3. The molecule has 324 valence electrons. The Hall–Kier alpha value is -3.41. The lowest BCUT2D eigenvalue weighted by molar-refractivity contribution is -0.167. The largest absolute Gasteiger partial charge is 0.462 e. The molecule has 0 spiro atoms. The van der Waals surface area contributed by atoms with Gasteiger partial charge in [0.05, 0.1) is 0 Å². The molecule has 0 saturated heterocycles. The van der Waals surface area contributed by atoms with E-state index >= 15 is 0 Å². The molecule has 6 nitrogen and oxygen atoms in total. The summed E-state index contributed by atoms with van der Waals surface area (Å²) in [6.07, 6.45) is 57.4. The minimum atomic E-state index is -0.792. The van der Waals surface area contributed by atoms with E-state index < -0.39 is 6.10 Å². The molecule has 0 saturated carbocycles. The smallest absolute Gasteiger partial charge is 0.306 e. The second kappa shape index (κ2) is 45.3. The van der Waals surface area contributed by atoms with Gasteiger partial charge in [-0.2, -0.15) is 0 Å².